The first-order chi connectivity index (χ1) is 18.5. The minimum atomic E-state index is -0.992. The van der Waals surface area contributed by atoms with E-state index in [1.165, 1.54) is 0 Å². The standard InChI is InChI=1S/C28H46N4O7/c1-28(2,3)7-11-36-13-15-38-16-14-37-12-9-32-20-23-18-24(39-10-4-8-31-27(29)30)6-5-21(23)17-22(26(32)35)19-25(33)34/h5-6,18,22H,4,7-17,19-20H2,1-3H3,(H,33,34)(H4,29,30,31)/t22-/m0/s1. The van der Waals surface area contributed by atoms with E-state index in [0.29, 0.717) is 84.5 Å². The molecule has 1 atom stereocenters. The van der Waals surface area contributed by atoms with Gasteiger partial charge in [0, 0.05) is 32.7 Å². The third-order valence-corrected chi connectivity index (χ3v) is 6.20. The predicted molar refractivity (Wildman–Crippen MR) is 149 cm³/mol. The van der Waals surface area contributed by atoms with Crippen molar-refractivity contribution in [1.82, 2.24) is 4.90 Å². The van der Waals surface area contributed by atoms with E-state index >= 15 is 0 Å². The van der Waals surface area contributed by atoms with E-state index < -0.39 is 11.9 Å². The van der Waals surface area contributed by atoms with E-state index in [0.717, 1.165) is 17.5 Å². The largest absolute Gasteiger partial charge is 0.494 e. The van der Waals surface area contributed by atoms with Gasteiger partial charge in [-0.05, 0) is 41.5 Å². The Labute approximate surface area is 231 Å². The minimum Gasteiger partial charge on any atom is -0.494 e. The van der Waals surface area contributed by atoms with Crippen LogP contribution in [0.5, 0.6) is 5.75 Å². The maximum atomic E-state index is 13.2. The number of carbonyl (C=O) groups is 2. The van der Waals surface area contributed by atoms with Crippen LogP contribution >= 0.6 is 0 Å². The van der Waals surface area contributed by atoms with Crippen LogP contribution in [-0.2, 0) is 36.8 Å². The summed E-state index contributed by atoms with van der Waals surface area (Å²) in [7, 11) is 0. The molecule has 11 heteroatoms. The molecule has 0 aromatic heterocycles. The topological polar surface area (TPSA) is 159 Å². The molecule has 0 unspecified atom stereocenters. The number of nitrogens with two attached hydrogens (primary N) is 2. The average Bonchev–Trinajstić information content (AvgIpc) is 2.97. The van der Waals surface area contributed by atoms with Crippen LogP contribution < -0.4 is 16.2 Å². The number of carboxylic acid groups (broad SMARTS) is 1. The zero-order chi connectivity index (χ0) is 28.7. The fraction of sp³-hybridized carbons (Fsp3) is 0.679. The highest BCUT2D eigenvalue weighted by Gasteiger charge is 2.31. The summed E-state index contributed by atoms with van der Waals surface area (Å²) < 4.78 is 22.7. The lowest BCUT2D eigenvalue weighted by Crippen LogP contribution is -2.37. The molecule has 1 amide bonds. The number of fused-ring (bicyclic) bond motifs is 1. The van der Waals surface area contributed by atoms with Gasteiger partial charge in [-0.15, -0.1) is 0 Å². The number of aliphatic imine (C=N–C) groups is 1. The summed E-state index contributed by atoms with van der Waals surface area (Å²) in [5, 5.41) is 9.37. The molecule has 0 spiro atoms. The van der Waals surface area contributed by atoms with Crippen molar-refractivity contribution < 1.29 is 33.6 Å². The third-order valence-electron chi connectivity index (χ3n) is 6.20. The Morgan fingerprint density at radius 3 is 2.33 bits per heavy atom. The average molecular weight is 551 g/mol. The summed E-state index contributed by atoms with van der Waals surface area (Å²) in [5.41, 5.74) is 12.8. The highest BCUT2D eigenvalue weighted by atomic mass is 16.5. The monoisotopic (exact) mass is 550 g/mol. The van der Waals surface area contributed by atoms with Gasteiger partial charge in [0.05, 0.1) is 52.0 Å². The third kappa shape index (κ3) is 13.6. The van der Waals surface area contributed by atoms with Crippen molar-refractivity contribution in [2.45, 2.75) is 53.0 Å². The van der Waals surface area contributed by atoms with Crippen molar-refractivity contribution in [2.75, 3.05) is 59.3 Å². The van der Waals surface area contributed by atoms with Crippen molar-refractivity contribution in [3.63, 3.8) is 0 Å². The summed E-state index contributed by atoms with van der Waals surface area (Å²) >= 11 is 0. The second kappa shape index (κ2) is 16.9. The van der Waals surface area contributed by atoms with Crippen LogP contribution in [-0.4, -0.2) is 87.2 Å². The summed E-state index contributed by atoms with van der Waals surface area (Å²) in [5.74, 6) is -1.07. The zero-order valence-corrected chi connectivity index (χ0v) is 23.7. The van der Waals surface area contributed by atoms with Gasteiger partial charge in [0.2, 0.25) is 5.91 Å². The maximum absolute atomic E-state index is 13.2. The van der Waals surface area contributed by atoms with Crippen molar-refractivity contribution in [3.05, 3.63) is 29.3 Å². The molecule has 1 aromatic carbocycles. The molecule has 0 saturated heterocycles. The van der Waals surface area contributed by atoms with Gasteiger partial charge in [0.15, 0.2) is 5.96 Å². The minimum absolute atomic E-state index is 0.0499. The highest BCUT2D eigenvalue weighted by molar-refractivity contribution is 5.84. The number of nitrogens with zero attached hydrogens (tertiary/aromatic N) is 2. The molecule has 1 aromatic rings. The molecule has 0 saturated carbocycles. The van der Waals surface area contributed by atoms with Crippen LogP contribution in [0.4, 0.5) is 0 Å². The molecular weight excluding hydrogens is 504 g/mol. The van der Waals surface area contributed by atoms with Crippen molar-refractivity contribution >= 4 is 17.8 Å². The van der Waals surface area contributed by atoms with Gasteiger partial charge in [-0.25, -0.2) is 0 Å². The second-order valence-electron chi connectivity index (χ2n) is 10.8. The fourth-order valence-electron chi connectivity index (χ4n) is 4.05. The SMILES string of the molecule is CC(C)(C)CCOCCOCCOCCN1Cc2cc(OCCCN=C(N)N)ccc2C[C@@H](CC(=O)O)C1=O. The Bertz CT molecular complexity index is 929. The molecule has 0 bridgehead atoms. The van der Waals surface area contributed by atoms with Crippen molar-refractivity contribution in [3.8, 4) is 5.75 Å². The van der Waals surface area contributed by atoms with Gasteiger partial charge >= 0.3 is 5.97 Å². The quantitative estimate of drug-likeness (QED) is 0.141. The summed E-state index contributed by atoms with van der Waals surface area (Å²) in [6.07, 6.45) is 1.81. The van der Waals surface area contributed by atoms with E-state index in [1.807, 2.05) is 18.2 Å². The first-order valence-electron chi connectivity index (χ1n) is 13.6. The van der Waals surface area contributed by atoms with Crippen LogP contribution in [0.25, 0.3) is 0 Å². The highest BCUT2D eigenvalue weighted by Crippen LogP contribution is 2.28. The molecule has 1 heterocycles. The number of amides is 1. The Morgan fingerprint density at radius 1 is 1.03 bits per heavy atom. The summed E-state index contributed by atoms with van der Waals surface area (Å²) in [4.78, 5) is 30.2. The summed E-state index contributed by atoms with van der Waals surface area (Å²) in [6, 6.07) is 5.67. The first-order valence-corrected chi connectivity index (χ1v) is 13.6. The van der Waals surface area contributed by atoms with E-state index in [9.17, 15) is 14.7 Å². The van der Waals surface area contributed by atoms with Gasteiger partial charge in [0.25, 0.3) is 0 Å². The number of benzene rings is 1. The molecule has 1 aliphatic rings. The fourth-order valence-corrected chi connectivity index (χ4v) is 4.05. The van der Waals surface area contributed by atoms with Crippen LogP contribution in [0.3, 0.4) is 0 Å². The number of ether oxygens (including phenoxy) is 4. The number of hydrogen-bond donors (Lipinski definition) is 3. The Morgan fingerprint density at radius 2 is 1.69 bits per heavy atom. The lowest BCUT2D eigenvalue weighted by molar-refractivity contribution is -0.145. The van der Waals surface area contributed by atoms with E-state index in [-0.39, 0.29) is 23.7 Å². The molecule has 39 heavy (non-hydrogen) atoms. The molecule has 11 nitrogen and oxygen atoms in total. The van der Waals surface area contributed by atoms with E-state index in [1.54, 1.807) is 4.90 Å². The summed E-state index contributed by atoms with van der Waals surface area (Å²) in [6.45, 7) is 11.1. The predicted octanol–water partition coefficient (Wildman–Crippen LogP) is 2.19. The smallest absolute Gasteiger partial charge is 0.304 e. The number of aliphatic carboxylic acids is 1. The second-order valence-corrected chi connectivity index (χ2v) is 10.8. The van der Waals surface area contributed by atoms with Crippen molar-refractivity contribution in [2.24, 2.45) is 27.8 Å². The Kier molecular flexibility index (Phi) is 14.0. The van der Waals surface area contributed by atoms with Gasteiger partial charge < -0.3 is 40.4 Å². The zero-order valence-electron chi connectivity index (χ0n) is 23.7. The lowest BCUT2D eigenvalue weighted by atomic mass is 9.93. The molecule has 1 aliphatic heterocycles. The lowest BCUT2D eigenvalue weighted by Gasteiger charge is -2.24. The molecule has 0 fully saturated rings. The number of rotatable bonds is 18. The Hall–Kier alpha value is -2.89. The molecule has 5 N–H and O–H groups in total. The van der Waals surface area contributed by atoms with Crippen LogP contribution in [0.1, 0.15) is 51.2 Å². The number of hydrogen-bond acceptors (Lipinski definition) is 7. The Balaban J connectivity index is 1.82. The molecule has 0 radical (unpaired) electrons. The first kappa shape index (κ1) is 32.3. The number of guanidine groups is 1. The number of carbonyl (C=O) groups excluding carboxylic acids is 1. The van der Waals surface area contributed by atoms with Crippen LogP contribution in [0, 0.1) is 11.3 Å². The number of carboxylic acids is 1. The molecular formula is C28H46N4O7. The maximum Gasteiger partial charge on any atom is 0.304 e. The van der Waals surface area contributed by atoms with E-state index in [2.05, 4.69) is 25.8 Å². The molecule has 2 rings (SSSR count). The van der Waals surface area contributed by atoms with Crippen LogP contribution in [0.15, 0.2) is 23.2 Å². The van der Waals surface area contributed by atoms with Gasteiger partial charge in [-0.3, -0.25) is 14.6 Å². The van der Waals surface area contributed by atoms with Crippen molar-refractivity contribution in [1.29, 1.82) is 0 Å². The van der Waals surface area contributed by atoms with Gasteiger partial charge in [-0.1, -0.05) is 26.8 Å². The van der Waals surface area contributed by atoms with E-state index in [4.69, 9.17) is 30.4 Å². The normalized spacial score (nSPS) is 15.5. The van der Waals surface area contributed by atoms with Crippen LogP contribution in [0.2, 0.25) is 0 Å². The molecule has 220 valence electrons. The van der Waals surface area contributed by atoms with Gasteiger partial charge in [0.1, 0.15) is 5.75 Å². The molecule has 0 aliphatic carbocycles. The van der Waals surface area contributed by atoms with Gasteiger partial charge in [-0.2, -0.15) is 0 Å².